The van der Waals surface area contributed by atoms with Crippen LogP contribution < -0.4 is 4.90 Å². The summed E-state index contributed by atoms with van der Waals surface area (Å²) in [6, 6.07) is 9.64. The van der Waals surface area contributed by atoms with Crippen molar-refractivity contribution in [1.29, 1.82) is 0 Å². The van der Waals surface area contributed by atoms with Gasteiger partial charge < -0.3 is 19.5 Å². The lowest BCUT2D eigenvalue weighted by molar-refractivity contribution is -0.146. The van der Waals surface area contributed by atoms with E-state index in [4.69, 9.17) is 9.47 Å². The summed E-state index contributed by atoms with van der Waals surface area (Å²) in [4.78, 5) is 16.1. The maximum Gasteiger partial charge on any atom is 0.253 e. The summed E-state index contributed by atoms with van der Waals surface area (Å²) in [6.07, 6.45) is 0. The lowest BCUT2D eigenvalue weighted by Crippen LogP contribution is -2.61. The molecule has 120 valence electrons. The fourth-order valence-electron chi connectivity index (χ4n) is 3.06. The molecule has 0 radical (unpaired) electrons. The molecule has 2 heterocycles. The van der Waals surface area contributed by atoms with E-state index in [1.807, 2.05) is 30.3 Å². The second-order valence-electron chi connectivity index (χ2n) is 5.84. The Balaban J connectivity index is 1.80. The number of nitrogens with zero attached hydrogens (tertiary/aromatic N) is 2. The van der Waals surface area contributed by atoms with Gasteiger partial charge in [0.15, 0.2) is 0 Å². The van der Waals surface area contributed by atoms with Gasteiger partial charge in [-0.05, 0) is 12.1 Å². The first-order valence-corrected chi connectivity index (χ1v) is 7.63. The number of para-hydroxylation sites is 1. The van der Waals surface area contributed by atoms with Crippen molar-refractivity contribution in [2.24, 2.45) is 0 Å². The van der Waals surface area contributed by atoms with Gasteiger partial charge in [-0.2, -0.15) is 0 Å². The highest BCUT2D eigenvalue weighted by Gasteiger charge is 2.43. The number of amides is 1. The second kappa shape index (κ2) is 6.75. The van der Waals surface area contributed by atoms with Gasteiger partial charge in [0.05, 0.1) is 26.4 Å². The number of β-amino-alcohol motifs (C(OH)–C–C–N with tert-alkyl or cyclic N) is 1. The van der Waals surface area contributed by atoms with E-state index in [-0.39, 0.29) is 19.1 Å². The topological polar surface area (TPSA) is 62.2 Å². The number of hydrogen-bond donors (Lipinski definition) is 1. The predicted molar refractivity (Wildman–Crippen MR) is 81.8 cm³/mol. The lowest BCUT2D eigenvalue weighted by Gasteiger charge is -2.43. The van der Waals surface area contributed by atoms with Gasteiger partial charge in [-0.15, -0.1) is 0 Å². The predicted octanol–water partition coefficient (Wildman–Crippen LogP) is 0.113. The van der Waals surface area contributed by atoms with Crippen LogP contribution in [0.3, 0.4) is 0 Å². The molecule has 0 aliphatic carbocycles. The van der Waals surface area contributed by atoms with Crippen LogP contribution >= 0.6 is 0 Å². The Kier molecular flexibility index (Phi) is 4.73. The number of ether oxygens (including phenoxy) is 2. The van der Waals surface area contributed by atoms with Crippen LogP contribution in [0.15, 0.2) is 30.3 Å². The van der Waals surface area contributed by atoms with Gasteiger partial charge in [0.25, 0.3) is 5.91 Å². The lowest BCUT2D eigenvalue weighted by atomic mass is 10.0. The largest absolute Gasteiger partial charge is 0.395 e. The van der Waals surface area contributed by atoms with E-state index in [0.717, 1.165) is 12.2 Å². The first kappa shape index (κ1) is 15.4. The second-order valence-corrected chi connectivity index (χ2v) is 5.84. The van der Waals surface area contributed by atoms with Gasteiger partial charge in [0, 0.05) is 25.3 Å². The number of aliphatic hydroxyl groups is 1. The van der Waals surface area contributed by atoms with Gasteiger partial charge in [0.1, 0.15) is 12.2 Å². The number of benzene rings is 1. The van der Waals surface area contributed by atoms with Crippen molar-refractivity contribution in [2.45, 2.75) is 5.60 Å². The van der Waals surface area contributed by atoms with Gasteiger partial charge in [-0.3, -0.25) is 9.69 Å². The van der Waals surface area contributed by atoms with Crippen molar-refractivity contribution < 1.29 is 19.4 Å². The Bertz CT molecular complexity index is 510. The molecule has 1 N–H and O–H groups in total. The van der Waals surface area contributed by atoms with Gasteiger partial charge >= 0.3 is 0 Å². The minimum atomic E-state index is -0.532. The SMILES string of the molecule is O=C1CO[C@@]2(COCCN(CCO)C2)CN1c1ccccc1. The zero-order valence-corrected chi connectivity index (χ0v) is 12.6. The van der Waals surface area contributed by atoms with Gasteiger partial charge in [-0.25, -0.2) is 0 Å². The van der Waals surface area contributed by atoms with E-state index < -0.39 is 5.60 Å². The fraction of sp³-hybridized carbons (Fsp3) is 0.562. The summed E-state index contributed by atoms with van der Waals surface area (Å²) in [6.45, 7) is 3.74. The minimum Gasteiger partial charge on any atom is -0.395 e. The molecule has 6 nitrogen and oxygen atoms in total. The van der Waals surface area contributed by atoms with Crippen LogP contribution in [0.1, 0.15) is 0 Å². The summed E-state index contributed by atoms with van der Waals surface area (Å²) in [5.41, 5.74) is 0.350. The van der Waals surface area contributed by atoms with E-state index >= 15 is 0 Å². The standard InChI is InChI=1S/C16H22N2O4/c19-8-6-17-7-9-21-13-16(11-17)12-18(15(20)10-22-16)14-4-2-1-3-5-14/h1-5,19H,6-13H2/t16-/m1/s1. The highest BCUT2D eigenvalue weighted by molar-refractivity contribution is 5.95. The summed E-state index contributed by atoms with van der Waals surface area (Å²) in [7, 11) is 0. The molecule has 0 saturated carbocycles. The number of carbonyl (C=O) groups is 1. The van der Waals surface area contributed by atoms with Crippen molar-refractivity contribution in [3.63, 3.8) is 0 Å². The Labute approximate surface area is 130 Å². The third-order valence-corrected chi connectivity index (χ3v) is 4.16. The number of carbonyl (C=O) groups excluding carboxylic acids is 1. The fourth-order valence-corrected chi connectivity index (χ4v) is 3.06. The Morgan fingerprint density at radius 2 is 2.05 bits per heavy atom. The maximum absolute atomic E-state index is 12.2. The van der Waals surface area contributed by atoms with Crippen LogP contribution in [0.4, 0.5) is 5.69 Å². The molecule has 0 bridgehead atoms. The number of morpholine rings is 1. The van der Waals surface area contributed by atoms with Crippen molar-refractivity contribution in [1.82, 2.24) is 4.90 Å². The molecule has 1 spiro atoms. The van der Waals surface area contributed by atoms with E-state index in [9.17, 15) is 9.90 Å². The smallest absolute Gasteiger partial charge is 0.253 e. The summed E-state index contributed by atoms with van der Waals surface area (Å²) in [5, 5.41) is 9.18. The van der Waals surface area contributed by atoms with Crippen LogP contribution in [0.25, 0.3) is 0 Å². The van der Waals surface area contributed by atoms with Crippen molar-refractivity contribution in [3.8, 4) is 0 Å². The van der Waals surface area contributed by atoms with Crippen LogP contribution in [0.5, 0.6) is 0 Å². The third-order valence-electron chi connectivity index (χ3n) is 4.16. The van der Waals surface area contributed by atoms with Crippen LogP contribution in [-0.2, 0) is 14.3 Å². The Hall–Kier alpha value is -1.47. The number of aliphatic hydroxyl groups excluding tert-OH is 1. The van der Waals surface area contributed by atoms with Crippen molar-refractivity contribution >= 4 is 11.6 Å². The highest BCUT2D eigenvalue weighted by Crippen LogP contribution is 2.26. The molecule has 1 aromatic rings. The minimum absolute atomic E-state index is 0.0326. The average Bonchev–Trinajstić information content (AvgIpc) is 2.74. The molecule has 2 saturated heterocycles. The first-order valence-electron chi connectivity index (χ1n) is 7.63. The summed E-state index contributed by atoms with van der Waals surface area (Å²) >= 11 is 0. The van der Waals surface area contributed by atoms with Gasteiger partial charge in [0.2, 0.25) is 0 Å². The van der Waals surface area contributed by atoms with Crippen LogP contribution in [0, 0.1) is 0 Å². The molecule has 0 aromatic heterocycles. The molecular formula is C16H22N2O4. The molecule has 22 heavy (non-hydrogen) atoms. The molecule has 2 fully saturated rings. The van der Waals surface area contributed by atoms with E-state index in [0.29, 0.717) is 32.8 Å². The molecule has 0 unspecified atom stereocenters. The average molecular weight is 306 g/mol. The zero-order chi connectivity index (χ0) is 15.4. The van der Waals surface area contributed by atoms with Gasteiger partial charge in [-0.1, -0.05) is 18.2 Å². The Morgan fingerprint density at radius 3 is 2.82 bits per heavy atom. The number of hydrogen-bond acceptors (Lipinski definition) is 5. The zero-order valence-electron chi connectivity index (χ0n) is 12.6. The third kappa shape index (κ3) is 3.30. The highest BCUT2D eigenvalue weighted by atomic mass is 16.6. The van der Waals surface area contributed by atoms with E-state index in [1.54, 1.807) is 4.90 Å². The molecule has 3 rings (SSSR count). The quantitative estimate of drug-likeness (QED) is 0.859. The maximum atomic E-state index is 12.2. The molecule has 2 aliphatic rings. The molecule has 2 aliphatic heterocycles. The molecule has 1 atom stereocenters. The first-order chi connectivity index (χ1) is 10.7. The monoisotopic (exact) mass is 306 g/mol. The van der Waals surface area contributed by atoms with Crippen LogP contribution in [-0.4, -0.2) is 74.1 Å². The Morgan fingerprint density at radius 1 is 1.23 bits per heavy atom. The van der Waals surface area contributed by atoms with Crippen LogP contribution in [0.2, 0.25) is 0 Å². The number of rotatable bonds is 3. The molecule has 1 aromatic carbocycles. The number of anilines is 1. The summed E-state index contributed by atoms with van der Waals surface area (Å²) < 4.78 is 11.6. The molecular weight excluding hydrogens is 284 g/mol. The summed E-state index contributed by atoms with van der Waals surface area (Å²) in [5.74, 6) is -0.0326. The van der Waals surface area contributed by atoms with E-state index in [1.165, 1.54) is 0 Å². The van der Waals surface area contributed by atoms with E-state index in [2.05, 4.69) is 4.90 Å². The normalized spacial score (nSPS) is 27.1. The molecule has 6 heteroatoms. The van der Waals surface area contributed by atoms with Crippen molar-refractivity contribution in [3.05, 3.63) is 30.3 Å². The molecule has 1 amide bonds. The van der Waals surface area contributed by atoms with Crippen molar-refractivity contribution in [2.75, 3.05) is 57.5 Å².